The molecule has 1 aromatic carbocycles. The standard InChI is InChI=1S/C17H17NO/c1-12-8-9-16(11-18-12)17(19)15-7-3-6-14(10-15)13-4-2-5-13/h3,6-11,13H,2,4-5H2,1H3. The summed E-state index contributed by atoms with van der Waals surface area (Å²) in [5.41, 5.74) is 3.67. The van der Waals surface area contributed by atoms with Gasteiger partial charge < -0.3 is 0 Å². The summed E-state index contributed by atoms with van der Waals surface area (Å²) < 4.78 is 0. The van der Waals surface area contributed by atoms with E-state index >= 15 is 0 Å². The lowest BCUT2D eigenvalue weighted by atomic mass is 9.79. The number of carbonyl (C=O) groups is 1. The Balaban J connectivity index is 1.88. The number of hydrogen-bond acceptors (Lipinski definition) is 2. The molecule has 1 fully saturated rings. The van der Waals surface area contributed by atoms with Crippen LogP contribution in [0.15, 0.2) is 42.6 Å². The van der Waals surface area contributed by atoms with Crippen LogP contribution in [0.5, 0.6) is 0 Å². The molecule has 0 N–H and O–H groups in total. The lowest BCUT2D eigenvalue weighted by molar-refractivity contribution is 0.103. The molecule has 2 heteroatoms. The van der Waals surface area contributed by atoms with Gasteiger partial charge in [0.2, 0.25) is 0 Å². The summed E-state index contributed by atoms with van der Waals surface area (Å²) >= 11 is 0. The van der Waals surface area contributed by atoms with Crippen molar-refractivity contribution in [2.24, 2.45) is 0 Å². The summed E-state index contributed by atoms with van der Waals surface area (Å²) in [6.45, 7) is 1.92. The Morgan fingerprint density at radius 2 is 2.00 bits per heavy atom. The first-order valence-electron chi connectivity index (χ1n) is 6.81. The first kappa shape index (κ1) is 12.1. The second-order valence-corrected chi connectivity index (χ2v) is 5.27. The van der Waals surface area contributed by atoms with E-state index < -0.39 is 0 Å². The van der Waals surface area contributed by atoms with Gasteiger partial charge in [0.15, 0.2) is 5.78 Å². The van der Waals surface area contributed by atoms with E-state index in [4.69, 9.17) is 0 Å². The molecule has 2 nitrogen and oxygen atoms in total. The van der Waals surface area contributed by atoms with E-state index in [1.54, 1.807) is 6.20 Å². The zero-order valence-corrected chi connectivity index (χ0v) is 11.1. The van der Waals surface area contributed by atoms with Crippen LogP contribution in [-0.4, -0.2) is 10.8 Å². The minimum absolute atomic E-state index is 0.0636. The van der Waals surface area contributed by atoms with Gasteiger partial charge in [0.05, 0.1) is 0 Å². The Kier molecular flexibility index (Phi) is 3.16. The number of carbonyl (C=O) groups excluding carboxylic acids is 1. The third-order valence-corrected chi connectivity index (χ3v) is 3.90. The smallest absolute Gasteiger partial charge is 0.194 e. The van der Waals surface area contributed by atoms with E-state index in [-0.39, 0.29) is 5.78 Å². The van der Waals surface area contributed by atoms with Crippen LogP contribution in [0.1, 0.15) is 52.4 Å². The largest absolute Gasteiger partial charge is 0.289 e. The average Bonchev–Trinajstić information content (AvgIpc) is 2.37. The molecule has 0 saturated heterocycles. The molecular weight excluding hydrogens is 234 g/mol. The predicted molar refractivity (Wildman–Crippen MR) is 75.4 cm³/mol. The Labute approximate surface area is 113 Å². The van der Waals surface area contributed by atoms with Crippen LogP contribution >= 0.6 is 0 Å². The summed E-state index contributed by atoms with van der Waals surface area (Å²) in [5, 5.41) is 0. The number of nitrogens with zero attached hydrogens (tertiary/aromatic N) is 1. The highest BCUT2D eigenvalue weighted by molar-refractivity contribution is 6.08. The van der Waals surface area contributed by atoms with Gasteiger partial charge in [-0.3, -0.25) is 9.78 Å². The van der Waals surface area contributed by atoms with E-state index in [0.29, 0.717) is 11.5 Å². The molecule has 0 radical (unpaired) electrons. The summed E-state index contributed by atoms with van der Waals surface area (Å²) in [6.07, 6.45) is 5.48. The van der Waals surface area contributed by atoms with Gasteiger partial charge in [-0.1, -0.05) is 24.6 Å². The van der Waals surface area contributed by atoms with Gasteiger partial charge in [-0.2, -0.15) is 0 Å². The van der Waals surface area contributed by atoms with Crippen molar-refractivity contribution in [3.63, 3.8) is 0 Å². The fourth-order valence-electron chi connectivity index (χ4n) is 2.44. The van der Waals surface area contributed by atoms with Crippen molar-refractivity contribution in [1.82, 2.24) is 4.98 Å². The molecule has 2 aromatic rings. The van der Waals surface area contributed by atoms with Crippen LogP contribution in [0.2, 0.25) is 0 Å². The number of aryl methyl sites for hydroxylation is 1. The van der Waals surface area contributed by atoms with E-state index in [2.05, 4.69) is 11.1 Å². The number of rotatable bonds is 3. The van der Waals surface area contributed by atoms with Gasteiger partial charge in [0.25, 0.3) is 0 Å². The SMILES string of the molecule is Cc1ccc(C(=O)c2cccc(C3CCC3)c2)cn1. The molecule has 0 amide bonds. The Bertz CT molecular complexity index is 597. The minimum Gasteiger partial charge on any atom is -0.289 e. The maximum absolute atomic E-state index is 12.4. The number of hydrogen-bond donors (Lipinski definition) is 0. The van der Waals surface area contributed by atoms with Crippen molar-refractivity contribution in [3.05, 3.63) is 65.0 Å². The first-order valence-corrected chi connectivity index (χ1v) is 6.81. The molecule has 3 rings (SSSR count). The second-order valence-electron chi connectivity index (χ2n) is 5.27. The fourth-order valence-corrected chi connectivity index (χ4v) is 2.44. The van der Waals surface area contributed by atoms with Gasteiger partial charge in [0.1, 0.15) is 0 Å². The maximum atomic E-state index is 12.4. The van der Waals surface area contributed by atoms with Crippen molar-refractivity contribution in [2.75, 3.05) is 0 Å². The molecule has 1 aliphatic carbocycles. The van der Waals surface area contributed by atoms with Crippen LogP contribution in [0, 0.1) is 6.92 Å². The van der Waals surface area contributed by atoms with Gasteiger partial charge in [-0.25, -0.2) is 0 Å². The number of benzene rings is 1. The normalized spacial score (nSPS) is 15.0. The topological polar surface area (TPSA) is 30.0 Å². The first-order chi connectivity index (χ1) is 9.24. The molecule has 19 heavy (non-hydrogen) atoms. The summed E-state index contributed by atoms with van der Waals surface area (Å²) in [5.74, 6) is 0.720. The Morgan fingerprint density at radius 1 is 1.16 bits per heavy atom. The molecular formula is C17H17NO. The molecule has 1 aliphatic rings. The summed E-state index contributed by atoms with van der Waals surface area (Å²) in [6, 6.07) is 11.8. The molecule has 1 aromatic heterocycles. The van der Waals surface area contributed by atoms with Crippen molar-refractivity contribution in [3.8, 4) is 0 Å². The number of pyridine rings is 1. The lowest BCUT2D eigenvalue weighted by Gasteiger charge is -2.26. The second kappa shape index (κ2) is 4.96. The number of ketones is 1. The third kappa shape index (κ3) is 2.43. The third-order valence-electron chi connectivity index (χ3n) is 3.90. The van der Waals surface area contributed by atoms with Crippen molar-refractivity contribution in [1.29, 1.82) is 0 Å². The summed E-state index contributed by atoms with van der Waals surface area (Å²) in [7, 11) is 0. The minimum atomic E-state index is 0.0636. The molecule has 0 spiro atoms. The molecule has 0 bridgehead atoms. The van der Waals surface area contributed by atoms with Crippen molar-refractivity contribution >= 4 is 5.78 Å². The van der Waals surface area contributed by atoms with Crippen molar-refractivity contribution < 1.29 is 4.79 Å². The van der Waals surface area contributed by atoms with E-state index in [1.165, 1.54) is 24.8 Å². The van der Waals surface area contributed by atoms with Crippen LogP contribution in [0.25, 0.3) is 0 Å². The predicted octanol–water partition coefficient (Wildman–Crippen LogP) is 3.89. The van der Waals surface area contributed by atoms with Crippen LogP contribution in [0.4, 0.5) is 0 Å². The zero-order chi connectivity index (χ0) is 13.2. The van der Waals surface area contributed by atoms with Gasteiger partial charge in [0, 0.05) is 23.0 Å². The molecule has 0 aliphatic heterocycles. The molecule has 1 heterocycles. The average molecular weight is 251 g/mol. The Morgan fingerprint density at radius 3 is 2.63 bits per heavy atom. The molecule has 0 atom stereocenters. The van der Waals surface area contributed by atoms with Gasteiger partial charge in [-0.05, 0) is 49.4 Å². The lowest BCUT2D eigenvalue weighted by Crippen LogP contribution is -2.10. The number of aromatic nitrogens is 1. The quantitative estimate of drug-likeness (QED) is 0.775. The highest BCUT2D eigenvalue weighted by atomic mass is 16.1. The fraction of sp³-hybridized carbons (Fsp3) is 0.294. The van der Waals surface area contributed by atoms with Crippen LogP contribution in [-0.2, 0) is 0 Å². The molecule has 96 valence electrons. The van der Waals surface area contributed by atoms with E-state index in [0.717, 1.165) is 11.3 Å². The zero-order valence-electron chi connectivity index (χ0n) is 11.1. The van der Waals surface area contributed by atoms with E-state index in [1.807, 2.05) is 37.3 Å². The highest BCUT2D eigenvalue weighted by Crippen LogP contribution is 2.36. The maximum Gasteiger partial charge on any atom is 0.194 e. The van der Waals surface area contributed by atoms with Crippen LogP contribution < -0.4 is 0 Å². The Hall–Kier alpha value is -1.96. The van der Waals surface area contributed by atoms with E-state index in [9.17, 15) is 4.79 Å². The van der Waals surface area contributed by atoms with Crippen molar-refractivity contribution in [2.45, 2.75) is 32.1 Å². The molecule has 1 saturated carbocycles. The van der Waals surface area contributed by atoms with Gasteiger partial charge >= 0.3 is 0 Å². The monoisotopic (exact) mass is 251 g/mol. The summed E-state index contributed by atoms with van der Waals surface area (Å²) in [4.78, 5) is 16.6. The van der Waals surface area contributed by atoms with Crippen LogP contribution in [0.3, 0.4) is 0 Å². The van der Waals surface area contributed by atoms with Gasteiger partial charge in [-0.15, -0.1) is 0 Å². The molecule has 0 unspecified atom stereocenters. The highest BCUT2D eigenvalue weighted by Gasteiger charge is 2.20.